The van der Waals surface area contributed by atoms with Crippen LogP contribution >= 0.6 is 12.4 Å². The van der Waals surface area contributed by atoms with E-state index in [1.54, 1.807) is 6.08 Å². The number of ether oxygens (including phenoxy) is 1. The molecule has 0 unspecified atom stereocenters. The van der Waals surface area contributed by atoms with Gasteiger partial charge in [-0.2, -0.15) is 17.6 Å². The molecule has 20 heavy (non-hydrogen) atoms. The van der Waals surface area contributed by atoms with E-state index in [1.807, 2.05) is 0 Å². The van der Waals surface area contributed by atoms with E-state index >= 15 is 0 Å². The van der Waals surface area contributed by atoms with Crippen LogP contribution < -0.4 is 10.5 Å². The minimum absolute atomic E-state index is 0. The fraction of sp³-hybridized carbons (Fsp3) is 0.385. The maximum Gasteiger partial charge on any atom is 0.461 e. The highest BCUT2D eigenvalue weighted by Gasteiger charge is 2.43. The lowest BCUT2D eigenvalue weighted by molar-refractivity contribution is -0.253. The van der Waals surface area contributed by atoms with Crippen LogP contribution in [0.1, 0.15) is 24.4 Å². The van der Waals surface area contributed by atoms with E-state index < -0.39 is 12.5 Å². The molecule has 0 amide bonds. The van der Waals surface area contributed by atoms with Crippen molar-refractivity contribution in [3.8, 4) is 5.75 Å². The highest BCUT2D eigenvalue weighted by Crippen LogP contribution is 2.28. The zero-order valence-corrected chi connectivity index (χ0v) is 11.4. The monoisotopic (exact) mass is 313 g/mol. The lowest BCUT2D eigenvalue weighted by Crippen LogP contribution is -2.33. The summed E-state index contributed by atoms with van der Waals surface area (Å²) in [6.07, 6.45) is -5.26. The molecule has 0 heterocycles. The maximum absolute atomic E-state index is 12.6. The van der Waals surface area contributed by atoms with Crippen molar-refractivity contribution in [2.24, 2.45) is 5.73 Å². The molecule has 2 N–H and O–H groups in total. The second-order valence-corrected chi connectivity index (χ2v) is 4.01. The number of allylic oxidation sites excluding steroid dienone is 1. The van der Waals surface area contributed by atoms with Crippen LogP contribution in [-0.4, -0.2) is 12.5 Å². The molecule has 0 aliphatic heterocycles. The normalized spacial score (nSPS) is 12.7. The summed E-state index contributed by atoms with van der Waals surface area (Å²) in [5.41, 5.74) is 6.57. The third-order valence-corrected chi connectivity index (χ3v) is 2.50. The average Bonchev–Trinajstić information content (AvgIpc) is 2.36. The van der Waals surface area contributed by atoms with Crippen molar-refractivity contribution in [3.63, 3.8) is 0 Å². The first-order valence-corrected chi connectivity index (χ1v) is 5.68. The van der Waals surface area contributed by atoms with Crippen molar-refractivity contribution in [3.05, 3.63) is 42.5 Å². The van der Waals surface area contributed by atoms with E-state index in [2.05, 4.69) is 11.3 Å². The summed E-state index contributed by atoms with van der Waals surface area (Å²) in [5, 5.41) is 0. The molecule has 114 valence electrons. The lowest BCUT2D eigenvalue weighted by Gasteiger charge is -2.17. The number of rotatable bonds is 7. The van der Waals surface area contributed by atoms with Gasteiger partial charge in [0, 0.05) is 6.04 Å². The third-order valence-electron chi connectivity index (χ3n) is 2.50. The molecule has 0 aromatic heterocycles. The number of hydrogen-bond acceptors (Lipinski definition) is 2. The van der Waals surface area contributed by atoms with Crippen molar-refractivity contribution in [1.29, 1.82) is 0 Å². The molecule has 0 aliphatic carbocycles. The fourth-order valence-corrected chi connectivity index (χ4v) is 1.45. The second-order valence-electron chi connectivity index (χ2n) is 4.01. The van der Waals surface area contributed by atoms with E-state index in [1.165, 1.54) is 24.3 Å². The number of halogens is 5. The Morgan fingerprint density at radius 2 is 1.80 bits per heavy atom. The van der Waals surface area contributed by atoms with Gasteiger partial charge in [-0.3, -0.25) is 0 Å². The SMILES string of the molecule is C=CCC[C@H](N)c1ccc(OC(F)(F)C(F)F)cc1.Cl. The summed E-state index contributed by atoms with van der Waals surface area (Å²) in [7, 11) is 0. The van der Waals surface area contributed by atoms with Crippen molar-refractivity contribution in [2.45, 2.75) is 31.4 Å². The first-order valence-electron chi connectivity index (χ1n) is 5.68. The Balaban J connectivity index is 0.00000361. The molecule has 2 nitrogen and oxygen atoms in total. The first-order chi connectivity index (χ1) is 8.86. The molecule has 1 aromatic rings. The second kappa shape index (κ2) is 8.11. The van der Waals surface area contributed by atoms with Crippen molar-refractivity contribution < 1.29 is 22.3 Å². The molecule has 0 aliphatic rings. The van der Waals surface area contributed by atoms with Gasteiger partial charge in [-0.05, 0) is 30.5 Å². The number of alkyl halides is 4. The van der Waals surface area contributed by atoms with E-state index in [0.717, 1.165) is 12.0 Å². The summed E-state index contributed by atoms with van der Waals surface area (Å²) < 4.78 is 53.1. The van der Waals surface area contributed by atoms with Gasteiger partial charge in [-0.25, -0.2) is 0 Å². The van der Waals surface area contributed by atoms with E-state index in [-0.39, 0.29) is 24.2 Å². The summed E-state index contributed by atoms with van der Waals surface area (Å²) in [5.74, 6) is -0.329. The summed E-state index contributed by atoms with van der Waals surface area (Å²) in [6, 6.07) is 5.08. The molecule has 1 atom stereocenters. The molecule has 1 aromatic carbocycles. The van der Waals surface area contributed by atoms with Gasteiger partial charge >= 0.3 is 12.5 Å². The highest BCUT2D eigenvalue weighted by atomic mass is 35.5. The molecular weight excluding hydrogens is 298 g/mol. The van der Waals surface area contributed by atoms with Crippen LogP contribution in [0.25, 0.3) is 0 Å². The van der Waals surface area contributed by atoms with Gasteiger partial charge in [-0.1, -0.05) is 18.2 Å². The van der Waals surface area contributed by atoms with Gasteiger partial charge in [0.1, 0.15) is 5.75 Å². The molecule has 0 saturated heterocycles. The summed E-state index contributed by atoms with van der Waals surface area (Å²) in [6.45, 7) is 3.57. The van der Waals surface area contributed by atoms with Crippen LogP contribution in [0.2, 0.25) is 0 Å². The van der Waals surface area contributed by atoms with E-state index in [9.17, 15) is 17.6 Å². The standard InChI is InChI=1S/C13H15F4NO.ClH/c1-2-3-4-11(18)9-5-7-10(8-6-9)19-13(16,17)12(14)15;/h2,5-8,11-12H,1,3-4,18H2;1H/t11-;/m0./s1. The minimum atomic E-state index is -4.49. The van der Waals surface area contributed by atoms with Crippen LogP contribution in [0.5, 0.6) is 5.75 Å². The van der Waals surface area contributed by atoms with Crippen LogP contribution in [0.3, 0.4) is 0 Å². The summed E-state index contributed by atoms with van der Waals surface area (Å²) in [4.78, 5) is 0. The summed E-state index contributed by atoms with van der Waals surface area (Å²) >= 11 is 0. The van der Waals surface area contributed by atoms with Crippen LogP contribution in [0.15, 0.2) is 36.9 Å². The van der Waals surface area contributed by atoms with Gasteiger partial charge in [0.25, 0.3) is 0 Å². The van der Waals surface area contributed by atoms with E-state index in [4.69, 9.17) is 5.73 Å². The highest BCUT2D eigenvalue weighted by molar-refractivity contribution is 5.85. The molecular formula is C13H16ClF4NO. The van der Waals surface area contributed by atoms with Crippen molar-refractivity contribution >= 4 is 12.4 Å². The number of hydrogen-bond donors (Lipinski definition) is 1. The van der Waals surface area contributed by atoms with Gasteiger partial charge < -0.3 is 10.5 Å². The quantitative estimate of drug-likeness (QED) is 0.601. The van der Waals surface area contributed by atoms with Crippen LogP contribution in [0.4, 0.5) is 17.6 Å². The van der Waals surface area contributed by atoms with Gasteiger partial charge in [0.05, 0.1) is 0 Å². The van der Waals surface area contributed by atoms with Gasteiger partial charge in [0.15, 0.2) is 0 Å². The molecule has 7 heteroatoms. The molecule has 0 fully saturated rings. The smallest absolute Gasteiger partial charge is 0.428 e. The Morgan fingerprint density at radius 3 is 2.25 bits per heavy atom. The third kappa shape index (κ3) is 5.38. The molecule has 0 radical (unpaired) electrons. The lowest BCUT2D eigenvalue weighted by atomic mass is 10.0. The zero-order valence-electron chi connectivity index (χ0n) is 10.6. The van der Waals surface area contributed by atoms with Crippen LogP contribution in [-0.2, 0) is 0 Å². The Bertz CT molecular complexity index is 411. The Morgan fingerprint density at radius 1 is 1.25 bits per heavy atom. The molecule has 0 spiro atoms. The average molecular weight is 314 g/mol. The molecule has 0 saturated carbocycles. The Hall–Kier alpha value is -1.27. The predicted octanol–water partition coefficient (Wildman–Crippen LogP) is 4.31. The zero-order chi connectivity index (χ0) is 14.5. The van der Waals surface area contributed by atoms with Gasteiger partial charge in [0.2, 0.25) is 0 Å². The van der Waals surface area contributed by atoms with Crippen molar-refractivity contribution in [1.82, 2.24) is 0 Å². The molecule has 0 bridgehead atoms. The maximum atomic E-state index is 12.6. The van der Waals surface area contributed by atoms with E-state index in [0.29, 0.717) is 6.42 Å². The van der Waals surface area contributed by atoms with Crippen molar-refractivity contribution in [2.75, 3.05) is 0 Å². The predicted molar refractivity (Wildman–Crippen MR) is 71.6 cm³/mol. The first kappa shape index (κ1) is 18.7. The topological polar surface area (TPSA) is 35.2 Å². The van der Waals surface area contributed by atoms with Gasteiger partial charge in [-0.15, -0.1) is 19.0 Å². The number of nitrogens with two attached hydrogens (primary N) is 1. The van der Waals surface area contributed by atoms with Crippen LogP contribution in [0, 0.1) is 0 Å². The molecule has 1 rings (SSSR count). The minimum Gasteiger partial charge on any atom is -0.428 e. The Labute approximate surface area is 121 Å². The largest absolute Gasteiger partial charge is 0.461 e. The fourth-order valence-electron chi connectivity index (χ4n) is 1.45. The Kier molecular flexibility index (Phi) is 7.60. The number of benzene rings is 1.